The lowest BCUT2D eigenvalue weighted by atomic mass is 9.95. The molecule has 0 saturated heterocycles. The molecule has 24 heavy (non-hydrogen) atoms. The smallest absolute Gasteiger partial charge is 0.277 e. The van der Waals surface area contributed by atoms with E-state index in [1.165, 1.54) is 25.3 Å². The summed E-state index contributed by atoms with van der Waals surface area (Å²) in [4.78, 5) is 25.1. The minimum Gasteiger partial charge on any atom is -0.395 e. The van der Waals surface area contributed by atoms with Crippen LogP contribution in [0.4, 0.5) is 11.4 Å². The number of benzene rings is 1. The lowest BCUT2D eigenvalue weighted by Crippen LogP contribution is -2.34. The van der Waals surface area contributed by atoms with Crippen molar-refractivity contribution < 1.29 is 14.7 Å². The number of β-amino-alcohol motifs (C(OH)–C–C–N with tert-alkyl or cyclic N) is 1. The summed E-state index contributed by atoms with van der Waals surface area (Å²) in [5, 5.41) is 15.6. The molecule has 3 rings (SSSR count). The number of para-hydroxylation sites is 2. The van der Waals surface area contributed by atoms with Crippen LogP contribution in [0.5, 0.6) is 0 Å². The van der Waals surface area contributed by atoms with Gasteiger partial charge in [-0.3, -0.25) is 14.5 Å². The number of aliphatic hydroxyl groups is 1. The number of anilines is 2. The molecule has 1 heterocycles. The average Bonchev–Trinajstić information content (AvgIpc) is 2.85. The van der Waals surface area contributed by atoms with Crippen molar-refractivity contribution in [3.05, 3.63) is 36.0 Å². The van der Waals surface area contributed by atoms with Crippen LogP contribution in [0.2, 0.25) is 0 Å². The van der Waals surface area contributed by atoms with Crippen LogP contribution in [-0.4, -0.2) is 41.0 Å². The second-order valence-corrected chi connectivity index (χ2v) is 6.23. The first-order chi connectivity index (χ1) is 11.7. The van der Waals surface area contributed by atoms with Gasteiger partial charge >= 0.3 is 0 Å². The number of hydrogen-bond donors (Lipinski definition) is 3. The maximum atomic E-state index is 12.3. The van der Waals surface area contributed by atoms with Crippen LogP contribution in [0.25, 0.3) is 0 Å². The fraction of sp³-hybridized carbons (Fsp3) is 0.444. The molecule has 1 aromatic carbocycles. The standard InChI is InChI=1S/C18H23N3O3/c22-11-10-21-17(23)12-16(18(21)24)20-15-9-5-4-8-14(15)19-13-6-2-1-3-7-13/h4-5,8-9,12-13,19-20,22H,1-3,6-7,10-11H2. The Morgan fingerprint density at radius 3 is 2.50 bits per heavy atom. The topological polar surface area (TPSA) is 81.7 Å². The van der Waals surface area contributed by atoms with E-state index < -0.39 is 11.8 Å². The fourth-order valence-corrected chi connectivity index (χ4v) is 3.24. The average molecular weight is 329 g/mol. The molecule has 0 radical (unpaired) electrons. The van der Waals surface area contributed by atoms with Crippen molar-refractivity contribution in [2.75, 3.05) is 23.8 Å². The largest absolute Gasteiger partial charge is 0.395 e. The first-order valence-corrected chi connectivity index (χ1v) is 8.50. The Morgan fingerprint density at radius 2 is 1.79 bits per heavy atom. The van der Waals surface area contributed by atoms with Crippen molar-refractivity contribution in [1.82, 2.24) is 4.90 Å². The summed E-state index contributed by atoms with van der Waals surface area (Å²) in [5.41, 5.74) is 1.96. The number of aliphatic hydroxyl groups excluding tert-OH is 1. The van der Waals surface area contributed by atoms with Gasteiger partial charge in [0, 0.05) is 12.1 Å². The van der Waals surface area contributed by atoms with Crippen molar-refractivity contribution in [3.8, 4) is 0 Å². The van der Waals surface area contributed by atoms with Crippen LogP contribution in [0.3, 0.4) is 0 Å². The van der Waals surface area contributed by atoms with Gasteiger partial charge in [0.1, 0.15) is 5.70 Å². The molecule has 3 N–H and O–H groups in total. The molecule has 1 aromatic rings. The summed E-state index contributed by atoms with van der Waals surface area (Å²) < 4.78 is 0. The first-order valence-electron chi connectivity index (χ1n) is 8.50. The molecule has 6 nitrogen and oxygen atoms in total. The summed E-state index contributed by atoms with van der Waals surface area (Å²) in [6.07, 6.45) is 7.36. The van der Waals surface area contributed by atoms with E-state index in [0.29, 0.717) is 6.04 Å². The SMILES string of the molecule is O=C1C=C(Nc2ccccc2NC2CCCCC2)C(=O)N1CCO. The zero-order valence-electron chi connectivity index (χ0n) is 13.6. The predicted molar refractivity (Wildman–Crippen MR) is 92.4 cm³/mol. The summed E-state index contributed by atoms with van der Waals surface area (Å²) in [6, 6.07) is 8.15. The first kappa shape index (κ1) is 16.5. The molecule has 0 aromatic heterocycles. The van der Waals surface area contributed by atoms with Gasteiger partial charge in [-0.1, -0.05) is 31.4 Å². The molecular weight excluding hydrogens is 306 g/mol. The zero-order chi connectivity index (χ0) is 16.9. The molecule has 0 unspecified atom stereocenters. The second-order valence-electron chi connectivity index (χ2n) is 6.23. The quantitative estimate of drug-likeness (QED) is 0.696. The molecule has 1 aliphatic carbocycles. The highest BCUT2D eigenvalue weighted by Crippen LogP contribution is 2.28. The highest BCUT2D eigenvalue weighted by atomic mass is 16.3. The maximum Gasteiger partial charge on any atom is 0.277 e. The Morgan fingerprint density at radius 1 is 1.08 bits per heavy atom. The Bertz CT molecular complexity index is 651. The summed E-state index contributed by atoms with van der Waals surface area (Å²) in [6.45, 7) is -0.222. The number of nitrogens with zero attached hydrogens (tertiary/aromatic N) is 1. The van der Waals surface area contributed by atoms with Crippen molar-refractivity contribution in [3.63, 3.8) is 0 Å². The third-order valence-electron chi connectivity index (χ3n) is 4.49. The lowest BCUT2D eigenvalue weighted by Gasteiger charge is -2.25. The third kappa shape index (κ3) is 3.59. The van der Waals surface area contributed by atoms with Gasteiger partial charge in [-0.15, -0.1) is 0 Å². The van der Waals surface area contributed by atoms with E-state index in [1.807, 2.05) is 24.3 Å². The Labute approximate surface area is 141 Å². The van der Waals surface area contributed by atoms with E-state index >= 15 is 0 Å². The van der Waals surface area contributed by atoms with Crippen LogP contribution < -0.4 is 10.6 Å². The number of carbonyl (C=O) groups is 2. The highest BCUT2D eigenvalue weighted by Gasteiger charge is 2.31. The van der Waals surface area contributed by atoms with Crippen molar-refractivity contribution in [2.24, 2.45) is 0 Å². The summed E-state index contributed by atoms with van der Waals surface area (Å²) in [5.74, 6) is -0.796. The molecule has 0 bridgehead atoms. The molecule has 1 saturated carbocycles. The van der Waals surface area contributed by atoms with Crippen LogP contribution in [0, 0.1) is 0 Å². The minimum atomic E-state index is -0.401. The van der Waals surface area contributed by atoms with Crippen molar-refractivity contribution >= 4 is 23.2 Å². The van der Waals surface area contributed by atoms with Gasteiger partial charge in [-0.2, -0.15) is 0 Å². The zero-order valence-corrected chi connectivity index (χ0v) is 13.6. The normalized spacial score (nSPS) is 18.7. The van der Waals surface area contributed by atoms with Gasteiger partial charge in [0.2, 0.25) is 0 Å². The lowest BCUT2D eigenvalue weighted by molar-refractivity contribution is -0.137. The molecular formula is C18H23N3O3. The van der Waals surface area contributed by atoms with Crippen LogP contribution in [0.1, 0.15) is 32.1 Å². The van der Waals surface area contributed by atoms with Gasteiger partial charge in [-0.25, -0.2) is 0 Å². The van der Waals surface area contributed by atoms with Gasteiger partial charge in [-0.05, 0) is 25.0 Å². The third-order valence-corrected chi connectivity index (χ3v) is 4.49. The Balaban J connectivity index is 1.72. The van der Waals surface area contributed by atoms with Gasteiger partial charge < -0.3 is 15.7 Å². The monoisotopic (exact) mass is 329 g/mol. The van der Waals surface area contributed by atoms with E-state index in [0.717, 1.165) is 29.1 Å². The number of rotatable bonds is 6. The number of imide groups is 1. The molecule has 2 amide bonds. The predicted octanol–water partition coefficient (Wildman–Crippen LogP) is 2.09. The van der Waals surface area contributed by atoms with Gasteiger partial charge in [0.05, 0.1) is 24.5 Å². The van der Waals surface area contributed by atoms with E-state index in [4.69, 9.17) is 5.11 Å². The van der Waals surface area contributed by atoms with Crippen LogP contribution in [-0.2, 0) is 9.59 Å². The summed E-state index contributed by atoms with van der Waals surface area (Å²) >= 11 is 0. The van der Waals surface area contributed by atoms with Crippen molar-refractivity contribution in [2.45, 2.75) is 38.1 Å². The number of amides is 2. The van der Waals surface area contributed by atoms with Crippen molar-refractivity contribution in [1.29, 1.82) is 0 Å². The molecule has 1 aliphatic heterocycles. The van der Waals surface area contributed by atoms with E-state index in [9.17, 15) is 9.59 Å². The Hall–Kier alpha value is -2.34. The van der Waals surface area contributed by atoms with Gasteiger partial charge in [0.15, 0.2) is 0 Å². The highest BCUT2D eigenvalue weighted by molar-refractivity contribution is 6.17. The maximum absolute atomic E-state index is 12.3. The van der Waals surface area contributed by atoms with Crippen LogP contribution in [0.15, 0.2) is 36.0 Å². The molecule has 1 fully saturated rings. The molecule has 128 valence electrons. The summed E-state index contributed by atoms with van der Waals surface area (Å²) in [7, 11) is 0. The molecule has 0 atom stereocenters. The number of nitrogens with one attached hydrogen (secondary N) is 2. The second kappa shape index (κ2) is 7.49. The molecule has 6 heteroatoms. The fourth-order valence-electron chi connectivity index (χ4n) is 3.24. The number of carbonyl (C=O) groups excluding carboxylic acids is 2. The minimum absolute atomic E-state index is 0.0152. The Kier molecular flexibility index (Phi) is 5.15. The molecule has 0 spiro atoms. The van der Waals surface area contributed by atoms with E-state index in [-0.39, 0.29) is 18.8 Å². The van der Waals surface area contributed by atoms with Crippen LogP contribution >= 0.6 is 0 Å². The molecule has 2 aliphatic rings. The van der Waals surface area contributed by atoms with E-state index in [1.54, 1.807) is 0 Å². The number of hydrogen-bond acceptors (Lipinski definition) is 5. The van der Waals surface area contributed by atoms with Gasteiger partial charge in [0.25, 0.3) is 11.8 Å². The van der Waals surface area contributed by atoms with E-state index in [2.05, 4.69) is 10.6 Å².